The van der Waals surface area contributed by atoms with E-state index in [9.17, 15) is 14.0 Å². The molecule has 1 aliphatic heterocycles. The van der Waals surface area contributed by atoms with Gasteiger partial charge in [0.1, 0.15) is 17.2 Å². The number of hydrogen-bond acceptors (Lipinski definition) is 4. The van der Waals surface area contributed by atoms with Crippen LogP contribution in [0.25, 0.3) is 21.3 Å². The van der Waals surface area contributed by atoms with Gasteiger partial charge in [0.2, 0.25) is 5.91 Å². The van der Waals surface area contributed by atoms with Crippen molar-refractivity contribution in [2.45, 2.75) is 6.54 Å². The number of halogens is 1. The van der Waals surface area contributed by atoms with E-state index >= 15 is 0 Å². The standard InChI is InChI=1S/C19H19FN4O2S/c1-22-6-8-23(9-7-22)16(25)10-24-12-21-18-17(19(24)26)15(11-27-18)13-2-4-14(20)5-3-13/h2-5,11-12H,6-10H2,1H3/p+1. The van der Waals surface area contributed by atoms with Crippen molar-refractivity contribution in [1.29, 1.82) is 0 Å². The van der Waals surface area contributed by atoms with Crippen molar-refractivity contribution in [3.05, 3.63) is 52.1 Å². The Kier molecular flexibility index (Phi) is 4.75. The molecular weight excluding hydrogens is 367 g/mol. The third kappa shape index (κ3) is 3.50. The summed E-state index contributed by atoms with van der Waals surface area (Å²) in [6.45, 7) is 3.22. The van der Waals surface area contributed by atoms with Gasteiger partial charge in [-0.3, -0.25) is 14.2 Å². The van der Waals surface area contributed by atoms with E-state index in [0.717, 1.165) is 24.2 Å². The molecule has 8 heteroatoms. The summed E-state index contributed by atoms with van der Waals surface area (Å²) >= 11 is 1.37. The van der Waals surface area contributed by atoms with Gasteiger partial charge in [-0.25, -0.2) is 9.37 Å². The van der Waals surface area contributed by atoms with Crippen molar-refractivity contribution >= 4 is 27.5 Å². The van der Waals surface area contributed by atoms with Gasteiger partial charge in [0.25, 0.3) is 5.56 Å². The second-order valence-corrected chi connectivity index (χ2v) is 7.71. The van der Waals surface area contributed by atoms with Gasteiger partial charge < -0.3 is 9.80 Å². The summed E-state index contributed by atoms with van der Waals surface area (Å²) in [5.41, 5.74) is 1.24. The van der Waals surface area contributed by atoms with E-state index in [2.05, 4.69) is 12.0 Å². The Labute approximate surface area is 159 Å². The van der Waals surface area contributed by atoms with Crippen LogP contribution >= 0.6 is 11.3 Å². The molecule has 0 unspecified atom stereocenters. The van der Waals surface area contributed by atoms with Crippen molar-refractivity contribution < 1.29 is 14.1 Å². The summed E-state index contributed by atoms with van der Waals surface area (Å²) in [4.78, 5) is 33.8. The molecule has 0 spiro atoms. The number of hydrogen-bond donors (Lipinski definition) is 1. The minimum atomic E-state index is -0.326. The van der Waals surface area contributed by atoms with Crippen LogP contribution in [0, 0.1) is 5.82 Å². The van der Waals surface area contributed by atoms with Gasteiger partial charge in [0.15, 0.2) is 0 Å². The van der Waals surface area contributed by atoms with Gasteiger partial charge in [0.05, 0.1) is 44.9 Å². The highest BCUT2D eigenvalue weighted by molar-refractivity contribution is 7.17. The number of piperazine rings is 1. The molecular formula is C19H20FN4O2S+. The lowest BCUT2D eigenvalue weighted by molar-refractivity contribution is -0.883. The van der Waals surface area contributed by atoms with Crippen LogP contribution in [0.5, 0.6) is 0 Å². The predicted molar refractivity (Wildman–Crippen MR) is 102 cm³/mol. The first-order valence-corrected chi connectivity index (χ1v) is 9.72. The number of fused-ring (bicyclic) bond motifs is 1. The highest BCUT2D eigenvalue weighted by Crippen LogP contribution is 2.30. The van der Waals surface area contributed by atoms with Crippen molar-refractivity contribution in [3.63, 3.8) is 0 Å². The summed E-state index contributed by atoms with van der Waals surface area (Å²) in [6, 6.07) is 6.02. The van der Waals surface area contributed by atoms with Crippen LogP contribution in [-0.4, -0.2) is 53.6 Å². The smallest absolute Gasteiger partial charge is 0.263 e. The quantitative estimate of drug-likeness (QED) is 0.717. The largest absolute Gasteiger partial charge is 0.334 e. The fourth-order valence-electron chi connectivity index (χ4n) is 3.31. The second kappa shape index (κ2) is 7.21. The monoisotopic (exact) mass is 387 g/mol. The first kappa shape index (κ1) is 17.8. The van der Waals surface area contributed by atoms with Crippen molar-refractivity contribution in [1.82, 2.24) is 14.5 Å². The summed E-state index contributed by atoms with van der Waals surface area (Å²) in [6.07, 6.45) is 1.44. The summed E-state index contributed by atoms with van der Waals surface area (Å²) in [5, 5.41) is 2.33. The molecule has 0 radical (unpaired) electrons. The van der Waals surface area contributed by atoms with Gasteiger partial charge in [-0.15, -0.1) is 11.3 Å². The van der Waals surface area contributed by atoms with Gasteiger partial charge in [-0.1, -0.05) is 12.1 Å². The second-order valence-electron chi connectivity index (χ2n) is 6.85. The number of nitrogens with zero attached hydrogens (tertiary/aromatic N) is 3. The van der Waals surface area contributed by atoms with Crippen LogP contribution in [0.15, 0.2) is 40.8 Å². The Morgan fingerprint density at radius 1 is 1.26 bits per heavy atom. The third-order valence-electron chi connectivity index (χ3n) is 4.99. The molecule has 1 saturated heterocycles. The van der Waals surface area contributed by atoms with E-state index in [4.69, 9.17) is 0 Å². The van der Waals surface area contributed by atoms with Crippen molar-refractivity contribution in [3.8, 4) is 11.1 Å². The summed E-state index contributed by atoms with van der Waals surface area (Å²) in [7, 11) is 2.11. The fraction of sp³-hybridized carbons (Fsp3) is 0.316. The van der Waals surface area contributed by atoms with Gasteiger partial charge in [-0.2, -0.15) is 0 Å². The lowest BCUT2D eigenvalue weighted by atomic mass is 10.1. The predicted octanol–water partition coefficient (Wildman–Crippen LogP) is 0.621. The number of carbonyl (C=O) groups excluding carboxylic acids is 1. The number of carbonyl (C=O) groups is 1. The van der Waals surface area contributed by atoms with Crippen LogP contribution in [0.3, 0.4) is 0 Å². The molecule has 6 nitrogen and oxygen atoms in total. The van der Waals surface area contributed by atoms with Crippen molar-refractivity contribution in [2.75, 3.05) is 33.2 Å². The molecule has 1 N–H and O–H groups in total. The maximum Gasteiger partial charge on any atom is 0.263 e. The van der Waals surface area contributed by atoms with Gasteiger partial charge in [0, 0.05) is 10.9 Å². The van der Waals surface area contributed by atoms with E-state index in [1.54, 1.807) is 17.0 Å². The molecule has 0 aliphatic carbocycles. The zero-order valence-electron chi connectivity index (χ0n) is 14.9. The van der Waals surface area contributed by atoms with E-state index in [1.165, 1.54) is 39.3 Å². The van der Waals surface area contributed by atoms with Crippen LogP contribution < -0.4 is 10.5 Å². The Morgan fingerprint density at radius 2 is 1.96 bits per heavy atom. The molecule has 1 amide bonds. The maximum absolute atomic E-state index is 13.2. The number of benzene rings is 1. The van der Waals surface area contributed by atoms with Crippen LogP contribution in [0.4, 0.5) is 4.39 Å². The Hall–Kier alpha value is -2.58. The molecule has 0 bridgehead atoms. The number of amides is 1. The highest BCUT2D eigenvalue weighted by Gasteiger charge is 2.22. The number of rotatable bonds is 3. The molecule has 0 atom stereocenters. The third-order valence-corrected chi connectivity index (χ3v) is 5.88. The molecule has 0 saturated carbocycles. The van der Waals surface area contributed by atoms with Gasteiger partial charge in [-0.05, 0) is 17.7 Å². The topological polar surface area (TPSA) is 59.6 Å². The minimum Gasteiger partial charge on any atom is -0.334 e. The van der Waals surface area contributed by atoms with E-state index in [0.29, 0.717) is 23.3 Å². The maximum atomic E-state index is 13.2. The molecule has 1 aromatic carbocycles. The van der Waals surface area contributed by atoms with Crippen molar-refractivity contribution in [2.24, 2.45) is 0 Å². The SMILES string of the molecule is C[NH+]1CCN(C(=O)Cn2cnc3scc(-c4ccc(F)cc4)c3c2=O)CC1. The number of quaternary nitrogens is 1. The zero-order chi connectivity index (χ0) is 19.0. The molecule has 27 heavy (non-hydrogen) atoms. The molecule has 1 aliphatic rings. The fourth-order valence-corrected chi connectivity index (χ4v) is 4.21. The van der Waals surface area contributed by atoms with E-state index < -0.39 is 0 Å². The number of thiophene rings is 1. The Morgan fingerprint density at radius 3 is 2.67 bits per heavy atom. The average Bonchev–Trinajstić information content (AvgIpc) is 3.10. The normalized spacial score (nSPS) is 15.4. The minimum absolute atomic E-state index is 0.0144. The zero-order valence-corrected chi connectivity index (χ0v) is 15.8. The lowest BCUT2D eigenvalue weighted by Gasteiger charge is -2.30. The lowest BCUT2D eigenvalue weighted by Crippen LogP contribution is -3.12. The Bertz CT molecular complexity index is 1040. The summed E-state index contributed by atoms with van der Waals surface area (Å²) < 4.78 is 14.6. The van der Waals surface area contributed by atoms with Crippen LogP contribution in [-0.2, 0) is 11.3 Å². The molecule has 4 rings (SSSR count). The molecule has 140 valence electrons. The first-order chi connectivity index (χ1) is 13.0. The average molecular weight is 387 g/mol. The van der Waals surface area contributed by atoms with E-state index in [1.807, 2.05) is 5.38 Å². The number of aromatic nitrogens is 2. The highest BCUT2D eigenvalue weighted by atomic mass is 32.1. The van der Waals surface area contributed by atoms with E-state index in [-0.39, 0.29) is 23.8 Å². The van der Waals surface area contributed by atoms with Crippen LogP contribution in [0.1, 0.15) is 0 Å². The van der Waals surface area contributed by atoms with Crippen LogP contribution in [0.2, 0.25) is 0 Å². The first-order valence-electron chi connectivity index (χ1n) is 8.84. The number of nitrogens with one attached hydrogen (secondary N) is 1. The summed E-state index contributed by atoms with van der Waals surface area (Å²) in [5.74, 6) is -0.391. The molecule has 2 aromatic heterocycles. The Balaban J connectivity index is 1.65. The molecule has 3 aromatic rings. The molecule has 3 heterocycles. The number of likely N-dealkylation sites (N-methyl/N-ethyl adjacent to an activating group) is 1. The molecule has 1 fully saturated rings. The van der Waals surface area contributed by atoms with Gasteiger partial charge >= 0.3 is 0 Å².